The van der Waals surface area contributed by atoms with Crippen molar-refractivity contribution in [3.63, 3.8) is 0 Å². The number of hydrogen-bond acceptors (Lipinski definition) is 5. The number of aromatic amines is 1. The first-order valence-electron chi connectivity index (χ1n) is 13.3. The van der Waals surface area contributed by atoms with Gasteiger partial charge in [0.1, 0.15) is 17.1 Å². The van der Waals surface area contributed by atoms with Crippen LogP contribution in [-0.2, 0) is 4.74 Å². The molecule has 0 atom stereocenters. The third-order valence-electron chi connectivity index (χ3n) is 8.15. The average molecular weight is 507 g/mol. The summed E-state index contributed by atoms with van der Waals surface area (Å²) >= 11 is 0. The van der Waals surface area contributed by atoms with Gasteiger partial charge in [-0.2, -0.15) is 0 Å². The van der Waals surface area contributed by atoms with Crippen molar-refractivity contribution in [3.8, 4) is 5.75 Å². The molecular weight excluding hydrogens is 471 g/mol. The van der Waals surface area contributed by atoms with Gasteiger partial charge in [-0.3, -0.25) is 9.69 Å². The zero-order valence-corrected chi connectivity index (χ0v) is 22.1. The zero-order valence-electron chi connectivity index (χ0n) is 22.1. The molecule has 0 unspecified atom stereocenters. The molecule has 4 aromatic rings. The van der Waals surface area contributed by atoms with Crippen molar-refractivity contribution in [2.24, 2.45) is 0 Å². The van der Waals surface area contributed by atoms with Gasteiger partial charge in [-0.25, -0.2) is 4.39 Å². The Hall–Kier alpha value is -3.10. The summed E-state index contributed by atoms with van der Waals surface area (Å²) in [5.41, 5.74) is 3.26. The van der Waals surface area contributed by atoms with Crippen LogP contribution in [0.15, 0.2) is 29.1 Å². The highest BCUT2D eigenvalue weighted by Gasteiger charge is 2.31. The number of nitrogens with zero attached hydrogens (tertiary/aromatic N) is 3. The molecule has 0 radical (unpaired) electrons. The third-order valence-corrected chi connectivity index (χ3v) is 8.15. The summed E-state index contributed by atoms with van der Waals surface area (Å²) in [6.07, 6.45) is 1.91. The van der Waals surface area contributed by atoms with Crippen LogP contribution in [0.25, 0.3) is 32.8 Å². The maximum Gasteiger partial charge on any atom is 0.199 e. The lowest BCUT2D eigenvalue weighted by Gasteiger charge is -2.41. The van der Waals surface area contributed by atoms with Crippen molar-refractivity contribution in [3.05, 3.63) is 45.9 Å². The quantitative estimate of drug-likeness (QED) is 0.423. The van der Waals surface area contributed by atoms with Gasteiger partial charge in [0, 0.05) is 49.2 Å². The SMILES string of the molecule is COc1cc2c(=O)c3c4ccc(C)cc4[nH]c3n(C(C)C)c2c(F)c1N1CCC(N2CCOCC2)CC1. The number of nitrogens with one attached hydrogen (secondary N) is 1. The van der Waals surface area contributed by atoms with Crippen molar-refractivity contribution < 1.29 is 13.9 Å². The second-order valence-electron chi connectivity index (χ2n) is 10.7. The van der Waals surface area contributed by atoms with E-state index < -0.39 is 0 Å². The Kier molecular flexibility index (Phi) is 6.12. The molecule has 6 rings (SSSR count). The first kappa shape index (κ1) is 24.2. The molecule has 2 aromatic heterocycles. The number of H-pyrrole nitrogens is 1. The Balaban J connectivity index is 1.52. The Morgan fingerprint density at radius 1 is 1.08 bits per heavy atom. The Morgan fingerprint density at radius 3 is 2.49 bits per heavy atom. The highest BCUT2D eigenvalue weighted by atomic mass is 19.1. The normalized spacial score (nSPS) is 18.1. The first-order chi connectivity index (χ1) is 17.9. The highest BCUT2D eigenvalue weighted by molar-refractivity contribution is 6.10. The number of halogens is 1. The van der Waals surface area contributed by atoms with Crippen LogP contribution in [0.5, 0.6) is 5.75 Å². The van der Waals surface area contributed by atoms with Crippen LogP contribution >= 0.6 is 0 Å². The van der Waals surface area contributed by atoms with E-state index >= 15 is 4.39 Å². The Bertz CT molecular complexity index is 1540. The van der Waals surface area contributed by atoms with Crippen molar-refractivity contribution in [2.45, 2.75) is 45.7 Å². The predicted octanol–water partition coefficient (Wildman–Crippen LogP) is 4.97. The molecule has 2 aliphatic rings. The molecule has 2 fully saturated rings. The lowest BCUT2D eigenvalue weighted by Crippen LogP contribution is -2.49. The fourth-order valence-corrected chi connectivity index (χ4v) is 6.33. The number of fused-ring (bicyclic) bond motifs is 4. The molecule has 0 bridgehead atoms. The van der Waals surface area contributed by atoms with Gasteiger partial charge < -0.3 is 23.9 Å². The number of pyridine rings is 1. The number of rotatable bonds is 4. The largest absolute Gasteiger partial charge is 0.494 e. The number of ether oxygens (including phenoxy) is 2. The van der Waals surface area contributed by atoms with Crippen molar-refractivity contribution in [1.29, 1.82) is 0 Å². The van der Waals surface area contributed by atoms with Gasteiger partial charge in [0.2, 0.25) is 0 Å². The molecule has 0 aliphatic carbocycles. The molecule has 4 heterocycles. The smallest absolute Gasteiger partial charge is 0.199 e. The van der Waals surface area contributed by atoms with E-state index in [9.17, 15) is 4.79 Å². The van der Waals surface area contributed by atoms with E-state index in [0.717, 1.165) is 68.7 Å². The number of anilines is 1. The molecule has 37 heavy (non-hydrogen) atoms. The second kappa shape index (κ2) is 9.33. The van der Waals surface area contributed by atoms with Gasteiger partial charge in [-0.05, 0) is 51.3 Å². The van der Waals surface area contributed by atoms with E-state index in [4.69, 9.17) is 9.47 Å². The summed E-state index contributed by atoms with van der Waals surface area (Å²) in [6.45, 7) is 11.0. The van der Waals surface area contributed by atoms with E-state index in [1.54, 1.807) is 13.2 Å². The summed E-state index contributed by atoms with van der Waals surface area (Å²) in [4.78, 5) is 21.9. The summed E-state index contributed by atoms with van der Waals surface area (Å²) in [7, 11) is 1.55. The van der Waals surface area contributed by atoms with E-state index in [2.05, 4.69) is 14.8 Å². The van der Waals surface area contributed by atoms with Crippen molar-refractivity contribution in [1.82, 2.24) is 14.5 Å². The first-order valence-corrected chi connectivity index (χ1v) is 13.3. The number of hydrogen-bond donors (Lipinski definition) is 1. The summed E-state index contributed by atoms with van der Waals surface area (Å²) in [5, 5.41) is 1.80. The molecule has 0 amide bonds. The van der Waals surface area contributed by atoms with Crippen molar-refractivity contribution >= 4 is 38.5 Å². The lowest BCUT2D eigenvalue weighted by molar-refractivity contribution is 0.0114. The van der Waals surface area contributed by atoms with Crippen LogP contribution in [0.2, 0.25) is 0 Å². The number of aromatic nitrogens is 2. The fraction of sp³-hybridized carbons (Fsp3) is 0.483. The molecule has 2 saturated heterocycles. The number of benzene rings is 2. The second-order valence-corrected chi connectivity index (χ2v) is 10.7. The maximum absolute atomic E-state index is 16.7. The molecule has 2 aliphatic heterocycles. The van der Waals surface area contributed by atoms with Crippen LogP contribution in [0.4, 0.5) is 10.1 Å². The van der Waals surface area contributed by atoms with E-state index in [1.165, 1.54) is 0 Å². The van der Waals surface area contributed by atoms with Gasteiger partial charge in [0.15, 0.2) is 11.2 Å². The van der Waals surface area contributed by atoms with Gasteiger partial charge in [0.05, 0.1) is 36.6 Å². The number of morpholine rings is 1. The molecular formula is C29H35FN4O3. The van der Waals surface area contributed by atoms with Crippen LogP contribution in [-0.4, -0.2) is 67.0 Å². The fourth-order valence-electron chi connectivity index (χ4n) is 6.33. The molecule has 196 valence electrons. The van der Waals surface area contributed by atoms with Gasteiger partial charge in [0.25, 0.3) is 0 Å². The Labute approximate surface area is 215 Å². The van der Waals surface area contributed by atoms with E-state index in [1.807, 2.05) is 43.5 Å². The molecule has 7 nitrogen and oxygen atoms in total. The lowest BCUT2D eigenvalue weighted by atomic mass is 10.0. The summed E-state index contributed by atoms with van der Waals surface area (Å²) < 4.78 is 29.9. The standard InChI is InChI=1S/C29H35FN4O3/c1-17(2)34-26-21(28(35)24-20-6-5-18(3)15-22(20)31-29(24)34)16-23(36-4)27(25(26)30)33-9-7-19(8-10-33)32-11-13-37-14-12-32/h5-6,15-17,19,31H,7-14H2,1-4H3. The minimum absolute atomic E-state index is 0.0671. The maximum atomic E-state index is 16.7. The molecule has 2 aromatic carbocycles. The molecule has 0 spiro atoms. The van der Waals surface area contributed by atoms with Gasteiger partial charge in [-0.15, -0.1) is 0 Å². The van der Waals surface area contributed by atoms with E-state index in [0.29, 0.717) is 39.4 Å². The summed E-state index contributed by atoms with van der Waals surface area (Å²) in [6, 6.07) is 8.17. The van der Waals surface area contributed by atoms with Gasteiger partial charge >= 0.3 is 0 Å². The highest BCUT2D eigenvalue weighted by Crippen LogP contribution is 2.40. The predicted molar refractivity (Wildman–Crippen MR) is 147 cm³/mol. The van der Waals surface area contributed by atoms with Crippen LogP contribution in [0.1, 0.15) is 38.3 Å². The number of methoxy groups -OCH3 is 1. The third kappa shape index (κ3) is 3.89. The molecule has 1 N–H and O–H groups in total. The van der Waals surface area contributed by atoms with Crippen LogP contribution in [0, 0.1) is 12.7 Å². The molecule has 8 heteroatoms. The number of aryl methyl sites for hydroxylation is 1. The Morgan fingerprint density at radius 2 is 1.81 bits per heavy atom. The minimum Gasteiger partial charge on any atom is -0.494 e. The molecule has 0 saturated carbocycles. The summed E-state index contributed by atoms with van der Waals surface area (Å²) in [5.74, 6) is 0.0268. The topological polar surface area (TPSA) is 62.7 Å². The zero-order chi connectivity index (χ0) is 25.8. The monoisotopic (exact) mass is 506 g/mol. The van der Waals surface area contributed by atoms with E-state index in [-0.39, 0.29) is 17.3 Å². The number of piperidine rings is 1. The van der Waals surface area contributed by atoms with Gasteiger partial charge in [-0.1, -0.05) is 12.1 Å². The average Bonchev–Trinajstić information content (AvgIpc) is 3.28. The van der Waals surface area contributed by atoms with Crippen molar-refractivity contribution in [2.75, 3.05) is 51.4 Å². The van der Waals surface area contributed by atoms with Crippen LogP contribution < -0.4 is 15.1 Å². The minimum atomic E-state index is -0.387. The van der Waals surface area contributed by atoms with Crippen LogP contribution in [0.3, 0.4) is 0 Å².